The maximum Gasteiger partial charge on any atom is 0.329 e. The van der Waals surface area contributed by atoms with E-state index in [1.165, 1.54) is 11.5 Å². The van der Waals surface area contributed by atoms with Gasteiger partial charge in [0, 0.05) is 0 Å². The summed E-state index contributed by atoms with van der Waals surface area (Å²) in [6.07, 6.45) is 1.49. The molecule has 0 unspecified atom stereocenters. The normalized spacial score (nSPS) is 14.9. The zero-order valence-corrected chi connectivity index (χ0v) is 17.8. The fourth-order valence-electron chi connectivity index (χ4n) is 3.23. The monoisotopic (exact) mass is 480 g/mol. The Labute approximate surface area is 186 Å². The molecule has 2 N–H and O–H groups in total. The highest BCUT2D eigenvalue weighted by Crippen LogP contribution is 2.28. The Bertz CT molecular complexity index is 1240. The van der Waals surface area contributed by atoms with E-state index < -0.39 is 24.5 Å². The van der Waals surface area contributed by atoms with Crippen LogP contribution in [0.5, 0.6) is 5.75 Å². The highest BCUT2D eigenvalue weighted by molar-refractivity contribution is 9.10. The number of carboxylic acids is 1. The number of ether oxygens (including phenoxy) is 1. The van der Waals surface area contributed by atoms with Crippen LogP contribution < -0.4 is 10.1 Å². The number of urea groups is 1. The number of amides is 3. The van der Waals surface area contributed by atoms with E-state index in [9.17, 15) is 14.4 Å². The number of carbonyl (C=O) groups is 3. The van der Waals surface area contributed by atoms with Crippen LogP contribution in [0.25, 0.3) is 16.8 Å². The molecular formula is C23H17BrN2O5. The Hall–Kier alpha value is -3.65. The van der Waals surface area contributed by atoms with Crippen molar-refractivity contribution >= 4 is 50.7 Å². The van der Waals surface area contributed by atoms with Crippen molar-refractivity contribution in [1.82, 2.24) is 10.2 Å². The number of nitrogens with one attached hydrogen (secondary N) is 1. The molecule has 1 saturated heterocycles. The van der Waals surface area contributed by atoms with Gasteiger partial charge in [0.2, 0.25) is 0 Å². The molecule has 0 aromatic heterocycles. The zero-order valence-electron chi connectivity index (χ0n) is 16.2. The molecule has 3 aromatic carbocycles. The lowest BCUT2D eigenvalue weighted by molar-refractivity contribution is -0.140. The number of fused-ring (bicyclic) bond motifs is 1. The van der Waals surface area contributed by atoms with Gasteiger partial charge in [-0.3, -0.25) is 9.59 Å². The molecule has 1 aliphatic rings. The molecule has 4 rings (SSSR count). The van der Waals surface area contributed by atoms with E-state index in [0.29, 0.717) is 27.3 Å². The first-order chi connectivity index (χ1) is 14.9. The van der Waals surface area contributed by atoms with E-state index in [2.05, 4.69) is 45.5 Å². The standard InChI is InChI=1S/C23H17BrN2O5/c24-18-10-14(11-19-22(29)26(12-21(27)28)23(30)25-19)6-8-20(18)31-13-15-5-7-16-3-1-2-4-17(16)9-15/h1-11H,12-13H2,(H,25,30)(H,27,28)/b19-11+. The Morgan fingerprint density at radius 3 is 2.58 bits per heavy atom. The summed E-state index contributed by atoms with van der Waals surface area (Å²) in [4.78, 5) is 35.5. The van der Waals surface area contributed by atoms with Crippen molar-refractivity contribution < 1.29 is 24.2 Å². The number of hydrogen-bond donors (Lipinski definition) is 2. The number of aliphatic carboxylic acids is 1. The van der Waals surface area contributed by atoms with E-state index in [1.807, 2.05) is 18.2 Å². The van der Waals surface area contributed by atoms with Crippen LogP contribution >= 0.6 is 15.9 Å². The summed E-state index contributed by atoms with van der Waals surface area (Å²) in [5.74, 6) is -1.31. The van der Waals surface area contributed by atoms with Crippen LogP contribution in [0.3, 0.4) is 0 Å². The number of carboxylic acid groups (broad SMARTS) is 1. The lowest BCUT2D eigenvalue weighted by atomic mass is 10.1. The summed E-state index contributed by atoms with van der Waals surface area (Å²) >= 11 is 3.47. The van der Waals surface area contributed by atoms with E-state index >= 15 is 0 Å². The molecular weight excluding hydrogens is 464 g/mol. The fraction of sp³-hybridized carbons (Fsp3) is 0.0870. The predicted molar refractivity (Wildman–Crippen MR) is 118 cm³/mol. The smallest absolute Gasteiger partial charge is 0.329 e. The van der Waals surface area contributed by atoms with E-state index in [0.717, 1.165) is 10.9 Å². The van der Waals surface area contributed by atoms with Gasteiger partial charge in [-0.15, -0.1) is 0 Å². The summed E-state index contributed by atoms with van der Waals surface area (Å²) < 4.78 is 6.60. The third-order valence-electron chi connectivity index (χ3n) is 4.73. The number of carbonyl (C=O) groups excluding carboxylic acids is 2. The van der Waals surface area contributed by atoms with Gasteiger partial charge in [0.15, 0.2) is 0 Å². The van der Waals surface area contributed by atoms with Crippen LogP contribution in [0.1, 0.15) is 11.1 Å². The first kappa shape index (κ1) is 20.6. The molecule has 31 heavy (non-hydrogen) atoms. The van der Waals surface area contributed by atoms with E-state index in [1.54, 1.807) is 18.2 Å². The van der Waals surface area contributed by atoms with Crippen LogP contribution in [-0.4, -0.2) is 34.5 Å². The van der Waals surface area contributed by atoms with Crippen molar-refractivity contribution in [2.24, 2.45) is 0 Å². The molecule has 3 amide bonds. The van der Waals surface area contributed by atoms with Gasteiger partial charge < -0.3 is 15.2 Å². The van der Waals surface area contributed by atoms with Crippen LogP contribution in [0.15, 0.2) is 70.8 Å². The van der Waals surface area contributed by atoms with Crippen LogP contribution in [-0.2, 0) is 16.2 Å². The molecule has 0 spiro atoms. The number of rotatable bonds is 6. The molecule has 0 radical (unpaired) electrons. The van der Waals surface area contributed by atoms with Crippen molar-refractivity contribution in [3.8, 4) is 5.75 Å². The first-order valence-corrected chi connectivity index (χ1v) is 10.2. The molecule has 0 aliphatic carbocycles. The summed E-state index contributed by atoms with van der Waals surface area (Å²) in [7, 11) is 0. The molecule has 7 nitrogen and oxygen atoms in total. The summed E-state index contributed by atoms with van der Waals surface area (Å²) in [6.45, 7) is -0.296. The van der Waals surface area contributed by atoms with Crippen LogP contribution in [0, 0.1) is 0 Å². The van der Waals surface area contributed by atoms with Crippen molar-refractivity contribution in [1.29, 1.82) is 0 Å². The highest BCUT2D eigenvalue weighted by Gasteiger charge is 2.34. The molecule has 0 saturated carbocycles. The SMILES string of the molecule is O=C(O)CN1C(=O)N/C(=C/c2ccc(OCc3ccc4ccccc4c3)c(Br)c2)C1=O. The van der Waals surface area contributed by atoms with Gasteiger partial charge in [0.05, 0.1) is 4.47 Å². The summed E-state index contributed by atoms with van der Waals surface area (Å²) in [5, 5.41) is 13.5. The van der Waals surface area contributed by atoms with Crippen molar-refractivity contribution in [2.45, 2.75) is 6.61 Å². The van der Waals surface area contributed by atoms with Gasteiger partial charge >= 0.3 is 12.0 Å². The maximum absolute atomic E-state index is 12.2. The minimum atomic E-state index is -1.26. The van der Waals surface area contributed by atoms with Gasteiger partial charge in [0.25, 0.3) is 5.91 Å². The minimum Gasteiger partial charge on any atom is -0.488 e. The molecule has 1 fully saturated rings. The van der Waals surface area contributed by atoms with Gasteiger partial charge in [-0.25, -0.2) is 9.69 Å². The highest BCUT2D eigenvalue weighted by atomic mass is 79.9. The maximum atomic E-state index is 12.2. The van der Waals surface area contributed by atoms with Crippen LogP contribution in [0.2, 0.25) is 0 Å². The number of halogens is 1. The second-order valence-electron chi connectivity index (χ2n) is 6.93. The lowest BCUT2D eigenvalue weighted by Crippen LogP contribution is -2.35. The Balaban J connectivity index is 1.46. The molecule has 3 aromatic rings. The molecule has 0 atom stereocenters. The number of hydrogen-bond acceptors (Lipinski definition) is 4. The minimum absolute atomic E-state index is 0.0167. The van der Waals surface area contributed by atoms with E-state index in [4.69, 9.17) is 9.84 Å². The van der Waals surface area contributed by atoms with Gasteiger partial charge in [-0.1, -0.05) is 42.5 Å². The molecule has 8 heteroatoms. The Morgan fingerprint density at radius 2 is 1.84 bits per heavy atom. The summed E-state index contributed by atoms with van der Waals surface area (Å²) in [5.41, 5.74) is 1.70. The molecule has 0 bridgehead atoms. The first-order valence-electron chi connectivity index (χ1n) is 9.37. The van der Waals surface area contributed by atoms with Crippen molar-refractivity contribution in [2.75, 3.05) is 6.54 Å². The van der Waals surface area contributed by atoms with Gasteiger partial charge in [-0.2, -0.15) is 0 Å². The third kappa shape index (κ3) is 4.59. The number of nitrogens with zero attached hydrogens (tertiary/aromatic N) is 1. The Morgan fingerprint density at radius 1 is 1.06 bits per heavy atom. The predicted octanol–water partition coefficient (Wildman–Crippen LogP) is 4.16. The van der Waals surface area contributed by atoms with Crippen molar-refractivity contribution in [3.63, 3.8) is 0 Å². The largest absolute Gasteiger partial charge is 0.488 e. The second-order valence-corrected chi connectivity index (χ2v) is 7.79. The second kappa shape index (κ2) is 8.61. The number of imide groups is 1. The zero-order chi connectivity index (χ0) is 22.0. The summed E-state index contributed by atoms with van der Waals surface area (Å²) in [6, 6.07) is 18.8. The van der Waals surface area contributed by atoms with Gasteiger partial charge in [0.1, 0.15) is 24.6 Å². The topological polar surface area (TPSA) is 95.9 Å². The quantitative estimate of drug-likeness (QED) is 0.407. The third-order valence-corrected chi connectivity index (χ3v) is 5.35. The van der Waals surface area contributed by atoms with Gasteiger partial charge in [-0.05, 0) is 62.1 Å². The average Bonchev–Trinajstić information content (AvgIpc) is 3.00. The lowest BCUT2D eigenvalue weighted by Gasteiger charge is -2.10. The Kier molecular flexibility index (Phi) is 5.73. The average molecular weight is 481 g/mol. The van der Waals surface area contributed by atoms with Crippen LogP contribution in [0.4, 0.5) is 4.79 Å². The fourth-order valence-corrected chi connectivity index (χ4v) is 3.74. The molecule has 1 aliphatic heterocycles. The van der Waals surface area contributed by atoms with E-state index in [-0.39, 0.29) is 5.70 Å². The molecule has 1 heterocycles. The van der Waals surface area contributed by atoms with Crippen molar-refractivity contribution in [3.05, 3.63) is 82.0 Å². The number of benzene rings is 3. The molecule has 156 valence electrons.